The zero-order chi connectivity index (χ0) is 22.3. The van der Waals surface area contributed by atoms with Crippen LogP contribution >= 0.6 is 0 Å². The van der Waals surface area contributed by atoms with Crippen LogP contribution in [0.15, 0.2) is 79.3 Å². The molecule has 4 rings (SSSR count). The van der Waals surface area contributed by atoms with Crippen molar-refractivity contribution >= 4 is 40.5 Å². The summed E-state index contributed by atoms with van der Waals surface area (Å²) in [6.45, 7) is 0. The average molecular weight is 433 g/mol. The van der Waals surface area contributed by atoms with Gasteiger partial charge in [-0.05, 0) is 48.5 Å². The van der Waals surface area contributed by atoms with Gasteiger partial charge in [-0.15, -0.1) is 0 Å². The topological polar surface area (TPSA) is 104 Å². The molecule has 0 saturated heterocycles. The molecule has 10 heteroatoms. The Morgan fingerprint density at radius 3 is 2.00 bits per heavy atom. The van der Waals surface area contributed by atoms with Crippen LogP contribution < -0.4 is 21.3 Å². The molecule has 0 saturated carbocycles. The molecule has 0 spiro atoms. The summed E-state index contributed by atoms with van der Waals surface area (Å²) < 4.78 is 26.5. The highest BCUT2D eigenvalue weighted by atomic mass is 19.1. The number of anilines is 6. The molecule has 8 nitrogen and oxygen atoms in total. The summed E-state index contributed by atoms with van der Waals surface area (Å²) in [6, 6.07) is 16.2. The van der Waals surface area contributed by atoms with Crippen LogP contribution in [0.5, 0.6) is 0 Å². The van der Waals surface area contributed by atoms with E-state index in [2.05, 4.69) is 36.2 Å². The summed E-state index contributed by atoms with van der Waals surface area (Å²) >= 11 is 0. The van der Waals surface area contributed by atoms with Crippen LogP contribution in [-0.2, 0) is 0 Å². The van der Waals surface area contributed by atoms with Crippen LogP contribution in [0.3, 0.4) is 0 Å². The molecular formula is C22H17F2N7O. The van der Waals surface area contributed by atoms with Gasteiger partial charge in [0.2, 0.25) is 0 Å². The first-order chi connectivity index (χ1) is 15.5. The molecule has 4 N–H and O–H groups in total. The molecule has 2 aromatic carbocycles. The molecule has 0 unspecified atom stereocenters. The van der Waals surface area contributed by atoms with Crippen LogP contribution in [-0.4, -0.2) is 21.0 Å². The molecule has 0 aliphatic carbocycles. The van der Waals surface area contributed by atoms with Gasteiger partial charge in [0.25, 0.3) is 0 Å². The van der Waals surface area contributed by atoms with E-state index in [1.165, 1.54) is 6.33 Å². The lowest BCUT2D eigenvalue weighted by Crippen LogP contribution is -2.19. The van der Waals surface area contributed by atoms with E-state index in [-0.39, 0.29) is 5.69 Å². The van der Waals surface area contributed by atoms with Crippen LogP contribution in [0.1, 0.15) is 0 Å². The predicted octanol–water partition coefficient (Wildman–Crippen LogP) is 5.28. The Morgan fingerprint density at radius 1 is 0.656 bits per heavy atom. The molecule has 0 aliphatic rings. The maximum absolute atomic E-state index is 13.2. The molecule has 32 heavy (non-hydrogen) atoms. The quantitative estimate of drug-likeness (QED) is 0.330. The number of nitrogens with one attached hydrogen (secondary N) is 4. The van der Waals surface area contributed by atoms with Gasteiger partial charge in [0.05, 0.1) is 0 Å². The van der Waals surface area contributed by atoms with E-state index in [4.69, 9.17) is 0 Å². The van der Waals surface area contributed by atoms with E-state index >= 15 is 0 Å². The van der Waals surface area contributed by atoms with Gasteiger partial charge in [-0.2, -0.15) is 0 Å². The molecule has 0 bridgehead atoms. The van der Waals surface area contributed by atoms with E-state index in [1.807, 2.05) is 18.2 Å². The third kappa shape index (κ3) is 5.72. The van der Waals surface area contributed by atoms with E-state index in [9.17, 15) is 13.6 Å². The van der Waals surface area contributed by atoms with Crippen molar-refractivity contribution in [1.29, 1.82) is 0 Å². The number of hydrogen-bond donors (Lipinski definition) is 4. The zero-order valence-corrected chi connectivity index (χ0v) is 16.5. The smallest absolute Gasteiger partial charge is 0.323 e. The molecule has 2 amide bonds. The van der Waals surface area contributed by atoms with Crippen LogP contribution in [0.2, 0.25) is 0 Å². The van der Waals surface area contributed by atoms with Gasteiger partial charge in [0.1, 0.15) is 35.4 Å². The van der Waals surface area contributed by atoms with Crippen molar-refractivity contribution in [3.63, 3.8) is 0 Å². The minimum Gasteiger partial charge on any atom is -0.340 e. The minimum atomic E-state index is -0.779. The summed E-state index contributed by atoms with van der Waals surface area (Å²) in [7, 11) is 0. The Hall–Kier alpha value is -4.60. The first kappa shape index (κ1) is 20.7. The SMILES string of the molecule is O=C(Nc1ccc(Nc2cc(Nc3ccccn3)ncn2)cc1)Nc1cc(F)cc(F)c1. The highest BCUT2D eigenvalue weighted by Gasteiger charge is 2.06. The lowest BCUT2D eigenvalue weighted by Gasteiger charge is -2.10. The number of pyridine rings is 1. The third-order valence-corrected chi connectivity index (χ3v) is 4.12. The molecule has 160 valence electrons. The van der Waals surface area contributed by atoms with Gasteiger partial charge in [-0.3, -0.25) is 0 Å². The Balaban J connectivity index is 1.35. The van der Waals surface area contributed by atoms with Gasteiger partial charge in [-0.1, -0.05) is 6.07 Å². The summed E-state index contributed by atoms with van der Waals surface area (Å²) in [4.78, 5) is 24.6. The van der Waals surface area contributed by atoms with Crippen molar-refractivity contribution in [2.45, 2.75) is 0 Å². The van der Waals surface area contributed by atoms with Gasteiger partial charge in [-0.25, -0.2) is 28.5 Å². The van der Waals surface area contributed by atoms with E-state index in [1.54, 1.807) is 36.5 Å². The zero-order valence-electron chi connectivity index (χ0n) is 16.5. The maximum atomic E-state index is 13.2. The van der Waals surface area contributed by atoms with E-state index < -0.39 is 17.7 Å². The summed E-state index contributed by atoms with van der Waals surface area (Å²) in [6.07, 6.45) is 3.10. The van der Waals surface area contributed by atoms with Gasteiger partial charge in [0.15, 0.2) is 0 Å². The van der Waals surface area contributed by atoms with E-state index in [0.29, 0.717) is 23.1 Å². The largest absolute Gasteiger partial charge is 0.340 e. The van der Waals surface area contributed by atoms with Crippen molar-refractivity contribution < 1.29 is 13.6 Å². The lowest BCUT2D eigenvalue weighted by atomic mass is 10.2. The third-order valence-electron chi connectivity index (χ3n) is 4.12. The van der Waals surface area contributed by atoms with Crippen LogP contribution in [0.25, 0.3) is 0 Å². The van der Waals surface area contributed by atoms with E-state index in [0.717, 1.165) is 23.9 Å². The Morgan fingerprint density at radius 2 is 1.31 bits per heavy atom. The van der Waals surface area contributed by atoms with Crippen molar-refractivity contribution in [2.24, 2.45) is 0 Å². The van der Waals surface area contributed by atoms with Gasteiger partial charge in [0, 0.05) is 35.4 Å². The molecule has 2 heterocycles. The lowest BCUT2D eigenvalue weighted by molar-refractivity contribution is 0.262. The standard InChI is InChI=1S/C22H17F2N7O/c23-14-9-15(24)11-18(10-14)30-22(32)29-17-6-4-16(5-7-17)28-20-12-21(27-13-26-20)31-19-3-1-2-8-25-19/h1-13H,(H2,29,30,32)(H2,25,26,27,28,31). The maximum Gasteiger partial charge on any atom is 0.323 e. The number of hydrogen-bond acceptors (Lipinski definition) is 6. The summed E-state index contributed by atoms with van der Waals surface area (Å²) in [5, 5.41) is 11.2. The summed E-state index contributed by atoms with van der Waals surface area (Å²) in [5.41, 5.74) is 1.23. The average Bonchev–Trinajstić information content (AvgIpc) is 2.75. The van der Waals surface area contributed by atoms with Gasteiger partial charge >= 0.3 is 6.03 Å². The number of nitrogens with zero attached hydrogens (tertiary/aromatic N) is 3. The monoisotopic (exact) mass is 433 g/mol. The number of halogens is 2. The normalized spacial score (nSPS) is 10.3. The number of carbonyl (C=O) groups excluding carboxylic acids is 1. The number of amides is 2. The Kier molecular flexibility index (Phi) is 6.12. The van der Waals surface area contributed by atoms with Crippen LogP contribution in [0.4, 0.5) is 48.1 Å². The predicted molar refractivity (Wildman–Crippen MR) is 118 cm³/mol. The molecule has 0 fully saturated rings. The summed E-state index contributed by atoms with van der Waals surface area (Å²) in [5.74, 6) is 0.236. The molecule has 2 aromatic heterocycles. The fourth-order valence-electron chi connectivity index (χ4n) is 2.77. The van der Waals surface area contributed by atoms with Crippen molar-refractivity contribution in [3.05, 3.63) is 90.9 Å². The number of benzene rings is 2. The highest BCUT2D eigenvalue weighted by molar-refractivity contribution is 5.99. The first-order valence-electron chi connectivity index (χ1n) is 9.45. The van der Waals surface area contributed by atoms with Crippen molar-refractivity contribution in [1.82, 2.24) is 15.0 Å². The van der Waals surface area contributed by atoms with Crippen molar-refractivity contribution in [3.8, 4) is 0 Å². The fourth-order valence-corrected chi connectivity index (χ4v) is 2.77. The number of urea groups is 1. The highest BCUT2D eigenvalue weighted by Crippen LogP contribution is 2.20. The second-order valence-corrected chi connectivity index (χ2v) is 6.57. The fraction of sp³-hybridized carbons (Fsp3) is 0. The Labute approximate surface area is 181 Å². The first-order valence-corrected chi connectivity index (χ1v) is 9.45. The molecule has 0 atom stereocenters. The number of rotatable bonds is 6. The number of aromatic nitrogens is 3. The molecule has 0 radical (unpaired) electrons. The second kappa shape index (κ2) is 9.47. The Bertz CT molecular complexity index is 1200. The van der Waals surface area contributed by atoms with Crippen molar-refractivity contribution in [2.75, 3.05) is 21.3 Å². The minimum absolute atomic E-state index is 0.0113. The second-order valence-electron chi connectivity index (χ2n) is 6.57. The molecule has 4 aromatic rings. The molecule has 0 aliphatic heterocycles. The van der Waals surface area contributed by atoms with Crippen LogP contribution in [0, 0.1) is 11.6 Å². The number of carbonyl (C=O) groups is 1. The molecular weight excluding hydrogens is 416 g/mol. The van der Waals surface area contributed by atoms with Gasteiger partial charge < -0.3 is 21.3 Å².